The first-order valence-corrected chi connectivity index (χ1v) is 5.97. The lowest BCUT2D eigenvalue weighted by atomic mass is 9.96. The van der Waals surface area contributed by atoms with Crippen LogP contribution >= 0.6 is 0 Å². The second-order valence-corrected chi connectivity index (χ2v) is 5.00. The molecule has 0 spiro atoms. The van der Waals surface area contributed by atoms with Crippen LogP contribution in [0.15, 0.2) is 18.2 Å². The van der Waals surface area contributed by atoms with Crippen LogP contribution in [0.25, 0.3) is 0 Å². The molecular weight excluding hydrogens is 222 g/mol. The van der Waals surface area contributed by atoms with E-state index in [2.05, 4.69) is 6.92 Å². The highest BCUT2D eigenvalue weighted by molar-refractivity contribution is 5.19. The van der Waals surface area contributed by atoms with Gasteiger partial charge in [0, 0.05) is 31.2 Å². The van der Waals surface area contributed by atoms with Gasteiger partial charge in [0.2, 0.25) is 0 Å². The second kappa shape index (κ2) is 5.10. The Labute approximate surface area is 100 Å². The van der Waals surface area contributed by atoms with Crippen molar-refractivity contribution in [2.75, 3.05) is 13.1 Å². The van der Waals surface area contributed by atoms with Crippen molar-refractivity contribution in [3.8, 4) is 0 Å². The molecule has 1 aromatic rings. The molecule has 2 nitrogen and oxygen atoms in total. The van der Waals surface area contributed by atoms with Crippen molar-refractivity contribution >= 4 is 0 Å². The zero-order valence-corrected chi connectivity index (χ0v) is 10.00. The molecule has 94 valence electrons. The summed E-state index contributed by atoms with van der Waals surface area (Å²) < 4.78 is 27.0. The molecule has 1 aliphatic rings. The highest BCUT2D eigenvalue weighted by atomic mass is 19.1. The first kappa shape index (κ1) is 12.5. The number of piperidine rings is 1. The van der Waals surface area contributed by atoms with Gasteiger partial charge in [0.15, 0.2) is 0 Å². The Kier molecular flexibility index (Phi) is 3.74. The lowest BCUT2D eigenvalue weighted by molar-refractivity contribution is 0.155. The highest BCUT2D eigenvalue weighted by Crippen LogP contribution is 2.20. The standard InChI is InChI=1S/C13H18F2N2/c1-9-5-10(16)7-17(6-9)8-11-12(14)3-2-4-13(11)15/h2-4,9-10H,5-8,16H2,1H3. The molecule has 0 bridgehead atoms. The van der Waals surface area contributed by atoms with Crippen LogP contribution in [-0.2, 0) is 6.54 Å². The number of halogens is 2. The van der Waals surface area contributed by atoms with Crippen LogP contribution in [0, 0.1) is 17.6 Å². The fourth-order valence-corrected chi connectivity index (χ4v) is 2.55. The minimum Gasteiger partial charge on any atom is -0.327 e. The van der Waals surface area contributed by atoms with Gasteiger partial charge in [-0.1, -0.05) is 13.0 Å². The lowest BCUT2D eigenvalue weighted by Crippen LogP contribution is -2.46. The molecule has 17 heavy (non-hydrogen) atoms. The predicted octanol–water partition coefficient (Wildman–Crippen LogP) is 2.13. The summed E-state index contributed by atoms with van der Waals surface area (Å²) in [5.41, 5.74) is 6.06. The average molecular weight is 240 g/mol. The van der Waals surface area contributed by atoms with Crippen molar-refractivity contribution in [2.45, 2.75) is 25.9 Å². The maximum Gasteiger partial charge on any atom is 0.130 e. The van der Waals surface area contributed by atoms with Crippen LogP contribution in [-0.4, -0.2) is 24.0 Å². The van der Waals surface area contributed by atoms with Gasteiger partial charge in [-0.25, -0.2) is 8.78 Å². The van der Waals surface area contributed by atoms with Gasteiger partial charge >= 0.3 is 0 Å². The zero-order valence-electron chi connectivity index (χ0n) is 10.00. The summed E-state index contributed by atoms with van der Waals surface area (Å²) in [6, 6.07) is 4.09. The van der Waals surface area contributed by atoms with Crippen LogP contribution in [0.1, 0.15) is 18.9 Å². The van der Waals surface area contributed by atoms with Gasteiger partial charge in [-0.3, -0.25) is 4.90 Å². The summed E-state index contributed by atoms with van der Waals surface area (Å²) in [6.45, 7) is 3.97. The number of rotatable bonds is 2. The predicted molar refractivity (Wildman–Crippen MR) is 63.4 cm³/mol. The Morgan fingerprint density at radius 2 is 1.94 bits per heavy atom. The van der Waals surface area contributed by atoms with E-state index in [0.29, 0.717) is 19.0 Å². The maximum atomic E-state index is 13.5. The largest absolute Gasteiger partial charge is 0.327 e. The van der Waals surface area contributed by atoms with Gasteiger partial charge in [0.1, 0.15) is 11.6 Å². The monoisotopic (exact) mass is 240 g/mol. The van der Waals surface area contributed by atoms with Gasteiger partial charge in [0.25, 0.3) is 0 Å². The van der Waals surface area contributed by atoms with Gasteiger partial charge in [-0.05, 0) is 24.5 Å². The number of nitrogens with two attached hydrogens (primary N) is 1. The topological polar surface area (TPSA) is 29.3 Å². The van der Waals surface area contributed by atoms with E-state index in [1.807, 2.05) is 4.90 Å². The molecule has 0 saturated carbocycles. The molecule has 2 atom stereocenters. The fourth-order valence-electron chi connectivity index (χ4n) is 2.55. The van der Waals surface area contributed by atoms with Gasteiger partial charge in [-0.2, -0.15) is 0 Å². The van der Waals surface area contributed by atoms with Crippen LogP contribution in [0.2, 0.25) is 0 Å². The molecule has 1 heterocycles. The molecule has 1 aliphatic heterocycles. The Hall–Kier alpha value is -1.00. The van der Waals surface area contributed by atoms with Crippen molar-refractivity contribution in [2.24, 2.45) is 11.7 Å². The summed E-state index contributed by atoms with van der Waals surface area (Å²) in [5, 5.41) is 0. The number of hydrogen-bond donors (Lipinski definition) is 1. The van der Waals surface area contributed by atoms with Crippen LogP contribution < -0.4 is 5.73 Å². The molecule has 2 rings (SSSR count). The van der Waals surface area contributed by atoms with E-state index in [4.69, 9.17) is 5.73 Å². The molecule has 2 unspecified atom stereocenters. The van der Waals surface area contributed by atoms with E-state index in [1.165, 1.54) is 18.2 Å². The summed E-state index contributed by atoms with van der Waals surface area (Å²) in [4.78, 5) is 2.03. The van der Waals surface area contributed by atoms with Gasteiger partial charge < -0.3 is 5.73 Å². The fraction of sp³-hybridized carbons (Fsp3) is 0.538. The van der Waals surface area contributed by atoms with Crippen LogP contribution in [0.3, 0.4) is 0 Å². The summed E-state index contributed by atoms with van der Waals surface area (Å²) in [5.74, 6) is -0.470. The van der Waals surface area contributed by atoms with Crippen molar-refractivity contribution in [3.05, 3.63) is 35.4 Å². The third kappa shape index (κ3) is 3.01. The SMILES string of the molecule is CC1CC(N)CN(Cc2c(F)cccc2F)C1. The molecular formula is C13H18F2N2. The average Bonchev–Trinajstić information content (AvgIpc) is 2.22. The summed E-state index contributed by atoms with van der Waals surface area (Å²) in [6.07, 6.45) is 0.982. The molecule has 0 aliphatic carbocycles. The Morgan fingerprint density at radius 1 is 1.29 bits per heavy atom. The number of nitrogens with zero attached hydrogens (tertiary/aromatic N) is 1. The highest BCUT2D eigenvalue weighted by Gasteiger charge is 2.23. The molecule has 1 fully saturated rings. The zero-order chi connectivity index (χ0) is 12.4. The third-order valence-corrected chi connectivity index (χ3v) is 3.21. The number of benzene rings is 1. The van der Waals surface area contributed by atoms with Gasteiger partial charge in [0.05, 0.1) is 0 Å². The van der Waals surface area contributed by atoms with Crippen molar-refractivity contribution in [1.29, 1.82) is 0 Å². The van der Waals surface area contributed by atoms with E-state index in [9.17, 15) is 8.78 Å². The van der Waals surface area contributed by atoms with E-state index < -0.39 is 11.6 Å². The quantitative estimate of drug-likeness (QED) is 0.858. The number of hydrogen-bond acceptors (Lipinski definition) is 2. The third-order valence-electron chi connectivity index (χ3n) is 3.21. The smallest absolute Gasteiger partial charge is 0.130 e. The Bertz CT molecular complexity index is 365. The molecule has 0 radical (unpaired) electrons. The van der Waals surface area contributed by atoms with E-state index in [-0.39, 0.29) is 11.6 Å². The minimum atomic E-state index is -0.475. The van der Waals surface area contributed by atoms with Crippen LogP contribution in [0.4, 0.5) is 8.78 Å². The summed E-state index contributed by atoms with van der Waals surface area (Å²) >= 11 is 0. The molecule has 4 heteroatoms. The molecule has 0 amide bonds. The second-order valence-electron chi connectivity index (χ2n) is 5.00. The van der Waals surface area contributed by atoms with Crippen LogP contribution in [0.5, 0.6) is 0 Å². The van der Waals surface area contributed by atoms with Gasteiger partial charge in [-0.15, -0.1) is 0 Å². The maximum absolute atomic E-state index is 13.5. The van der Waals surface area contributed by atoms with E-state index >= 15 is 0 Å². The Balaban J connectivity index is 2.10. The van der Waals surface area contributed by atoms with Crippen molar-refractivity contribution in [3.63, 3.8) is 0 Å². The van der Waals surface area contributed by atoms with Crippen molar-refractivity contribution < 1.29 is 8.78 Å². The number of likely N-dealkylation sites (tertiary alicyclic amines) is 1. The first-order chi connectivity index (χ1) is 8.06. The van der Waals surface area contributed by atoms with E-state index in [0.717, 1.165) is 13.0 Å². The Morgan fingerprint density at radius 3 is 2.53 bits per heavy atom. The van der Waals surface area contributed by atoms with Crippen molar-refractivity contribution in [1.82, 2.24) is 4.90 Å². The van der Waals surface area contributed by atoms with E-state index in [1.54, 1.807) is 0 Å². The molecule has 0 aromatic heterocycles. The molecule has 2 N–H and O–H groups in total. The lowest BCUT2D eigenvalue weighted by Gasteiger charge is -2.34. The normalized spacial score (nSPS) is 26.1. The molecule has 1 aromatic carbocycles. The summed E-state index contributed by atoms with van der Waals surface area (Å²) in [7, 11) is 0. The molecule has 1 saturated heterocycles. The first-order valence-electron chi connectivity index (χ1n) is 5.97. The minimum absolute atomic E-state index is 0.105.